The molecule has 4 rings (SSSR count). The van der Waals surface area contributed by atoms with Crippen molar-refractivity contribution in [1.82, 2.24) is 19.4 Å². The number of aromatic nitrogens is 2. The Hall–Kier alpha value is -2.51. The van der Waals surface area contributed by atoms with Gasteiger partial charge in [0.2, 0.25) is 0 Å². The monoisotopic (exact) mass is 410 g/mol. The second-order valence-corrected chi connectivity index (χ2v) is 8.53. The maximum atomic E-state index is 13.2. The van der Waals surface area contributed by atoms with E-state index in [0.717, 1.165) is 31.6 Å². The molecule has 0 spiro atoms. The van der Waals surface area contributed by atoms with Crippen molar-refractivity contribution in [2.24, 2.45) is 0 Å². The van der Waals surface area contributed by atoms with E-state index < -0.39 is 0 Å². The van der Waals surface area contributed by atoms with Crippen LogP contribution < -0.4 is 5.56 Å². The Kier molecular flexibility index (Phi) is 5.78. The first-order valence-corrected chi connectivity index (χ1v) is 10.9. The van der Waals surface area contributed by atoms with Crippen molar-refractivity contribution in [1.29, 1.82) is 0 Å². The van der Waals surface area contributed by atoms with Crippen LogP contribution in [0.3, 0.4) is 0 Å². The predicted molar refractivity (Wildman–Crippen MR) is 117 cm³/mol. The van der Waals surface area contributed by atoms with Crippen molar-refractivity contribution in [3.05, 3.63) is 63.0 Å². The average molecular weight is 411 g/mol. The molecule has 0 aliphatic carbocycles. The van der Waals surface area contributed by atoms with E-state index in [4.69, 9.17) is 0 Å². The van der Waals surface area contributed by atoms with Crippen LogP contribution in [0.2, 0.25) is 0 Å². The van der Waals surface area contributed by atoms with Crippen molar-refractivity contribution >= 4 is 27.5 Å². The van der Waals surface area contributed by atoms with Gasteiger partial charge < -0.3 is 4.90 Å². The minimum absolute atomic E-state index is 0.0197. The molecule has 1 aliphatic rings. The van der Waals surface area contributed by atoms with Crippen molar-refractivity contribution in [2.45, 2.75) is 33.4 Å². The molecule has 3 heterocycles. The molecule has 1 fully saturated rings. The van der Waals surface area contributed by atoms with Crippen LogP contribution in [0.15, 0.2) is 41.5 Å². The fourth-order valence-corrected chi connectivity index (χ4v) is 4.96. The van der Waals surface area contributed by atoms with Gasteiger partial charge in [0, 0.05) is 39.3 Å². The maximum absolute atomic E-state index is 13.2. The number of piperazine rings is 1. The number of nitrogens with zero attached hydrogens (tertiary/aromatic N) is 4. The Bertz CT molecular complexity index is 1070. The minimum atomic E-state index is -0.0441. The third kappa shape index (κ3) is 3.97. The quantitative estimate of drug-likeness (QED) is 0.648. The smallest absolute Gasteiger partial charge is 0.264 e. The highest BCUT2D eigenvalue weighted by atomic mass is 32.1. The number of thiophene rings is 1. The molecule has 1 saturated heterocycles. The molecule has 2 aromatic heterocycles. The molecule has 0 atom stereocenters. The third-order valence-corrected chi connectivity index (χ3v) is 6.67. The molecule has 152 valence electrons. The lowest BCUT2D eigenvalue weighted by atomic mass is 10.1. The van der Waals surface area contributed by atoms with Crippen LogP contribution >= 0.6 is 11.3 Å². The van der Waals surface area contributed by atoms with E-state index in [1.54, 1.807) is 10.9 Å². The van der Waals surface area contributed by atoms with E-state index in [1.165, 1.54) is 16.9 Å². The summed E-state index contributed by atoms with van der Waals surface area (Å²) in [4.78, 5) is 35.9. The zero-order valence-electron chi connectivity index (χ0n) is 16.9. The van der Waals surface area contributed by atoms with Gasteiger partial charge in [0.1, 0.15) is 4.83 Å². The first-order valence-electron chi connectivity index (χ1n) is 10.1. The summed E-state index contributed by atoms with van der Waals surface area (Å²) in [6.07, 6.45) is 2.47. The standard InChI is InChI=1S/C22H26N4O2S/c1-3-9-26-15-23-20-18(21(26)27)16(2)19(29-20)22(28)25-12-10-24(11-13-25)14-17-7-5-4-6-8-17/h4-8,15H,3,9-14H2,1-2H3. The van der Waals surface area contributed by atoms with Crippen molar-refractivity contribution in [3.63, 3.8) is 0 Å². The summed E-state index contributed by atoms with van der Waals surface area (Å²) >= 11 is 1.34. The summed E-state index contributed by atoms with van der Waals surface area (Å²) in [6, 6.07) is 10.4. The first-order chi connectivity index (χ1) is 14.1. The Balaban J connectivity index is 1.49. The number of aryl methyl sites for hydroxylation is 2. The Morgan fingerprint density at radius 3 is 2.55 bits per heavy atom. The summed E-state index contributed by atoms with van der Waals surface area (Å²) < 4.78 is 1.64. The molecular formula is C22H26N4O2S. The Labute approximate surface area is 174 Å². The summed E-state index contributed by atoms with van der Waals surface area (Å²) in [5.74, 6) is 0.0197. The topological polar surface area (TPSA) is 58.4 Å². The number of hydrogen-bond acceptors (Lipinski definition) is 5. The molecule has 0 saturated carbocycles. The van der Waals surface area contributed by atoms with Gasteiger partial charge >= 0.3 is 0 Å². The van der Waals surface area contributed by atoms with E-state index in [1.807, 2.05) is 24.8 Å². The molecule has 29 heavy (non-hydrogen) atoms. The molecule has 1 amide bonds. The largest absolute Gasteiger partial charge is 0.335 e. The minimum Gasteiger partial charge on any atom is -0.335 e. The average Bonchev–Trinajstić information content (AvgIpc) is 3.08. The molecular weight excluding hydrogens is 384 g/mol. The number of carbonyl (C=O) groups excluding carboxylic acids is 1. The van der Waals surface area contributed by atoms with Gasteiger partial charge in [0.25, 0.3) is 11.5 Å². The maximum Gasteiger partial charge on any atom is 0.264 e. The van der Waals surface area contributed by atoms with Crippen molar-refractivity contribution < 1.29 is 4.79 Å². The summed E-state index contributed by atoms with van der Waals surface area (Å²) in [5.41, 5.74) is 2.02. The second-order valence-electron chi connectivity index (χ2n) is 7.53. The SMILES string of the molecule is CCCn1cnc2sc(C(=O)N3CCN(Cc4ccccc4)CC3)c(C)c2c1=O. The normalized spacial score (nSPS) is 15.2. The zero-order valence-corrected chi connectivity index (χ0v) is 17.7. The Morgan fingerprint density at radius 1 is 1.14 bits per heavy atom. The van der Waals surface area contributed by atoms with Gasteiger partial charge in [-0.05, 0) is 24.5 Å². The highest BCUT2D eigenvalue weighted by Crippen LogP contribution is 2.28. The van der Waals surface area contributed by atoms with Crippen LogP contribution in [0.4, 0.5) is 0 Å². The van der Waals surface area contributed by atoms with Crippen molar-refractivity contribution in [2.75, 3.05) is 26.2 Å². The van der Waals surface area contributed by atoms with E-state index >= 15 is 0 Å². The number of hydrogen-bond donors (Lipinski definition) is 0. The lowest BCUT2D eigenvalue weighted by molar-refractivity contribution is 0.0632. The fourth-order valence-electron chi connectivity index (χ4n) is 3.86. The number of carbonyl (C=O) groups is 1. The lowest BCUT2D eigenvalue weighted by Gasteiger charge is -2.34. The van der Waals surface area contributed by atoms with E-state index in [-0.39, 0.29) is 11.5 Å². The van der Waals surface area contributed by atoms with Gasteiger partial charge in [-0.1, -0.05) is 37.3 Å². The molecule has 0 bridgehead atoms. The molecule has 1 aromatic carbocycles. The molecule has 1 aliphatic heterocycles. The van der Waals surface area contributed by atoms with Gasteiger partial charge in [-0.15, -0.1) is 11.3 Å². The molecule has 0 unspecified atom stereocenters. The molecule has 6 nitrogen and oxygen atoms in total. The highest BCUT2D eigenvalue weighted by molar-refractivity contribution is 7.20. The van der Waals surface area contributed by atoms with Crippen LogP contribution in [0.25, 0.3) is 10.2 Å². The number of amides is 1. The summed E-state index contributed by atoms with van der Waals surface area (Å²) in [5, 5.41) is 0.594. The highest BCUT2D eigenvalue weighted by Gasteiger charge is 2.26. The van der Waals surface area contributed by atoms with Crippen LogP contribution in [-0.4, -0.2) is 51.4 Å². The molecule has 3 aromatic rings. The summed E-state index contributed by atoms with van der Waals surface area (Å²) in [6.45, 7) is 8.56. The van der Waals surface area contributed by atoms with Crippen molar-refractivity contribution in [3.8, 4) is 0 Å². The van der Waals surface area contributed by atoms with Gasteiger partial charge in [-0.25, -0.2) is 4.98 Å². The van der Waals surface area contributed by atoms with E-state index in [0.29, 0.717) is 34.7 Å². The summed E-state index contributed by atoms with van der Waals surface area (Å²) in [7, 11) is 0. The number of benzene rings is 1. The fraction of sp³-hybridized carbons (Fsp3) is 0.409. The number of fused-ring (bicyclic) bond motifs is 1. The van der Waals surface area contributed by atoms with Crippen LogP contribution in [0.1, 0.15) is 34.1 Å². The molecule has 0 N–H and O–H groups in total. The van der Waals surface area contributed by atoms with Crippen LogP contribution in [0.5, 0.6) is 0 Å². The van der Waals surface area contributed by atoms with Gasteiger partial charge in [-0.2, -0.15) is 0 Å². The van der Waals surface area contributed by atoms with E-state index in [2.05, 4.69) is 34.1 Å². The third-order valence-electron chi connectivity index (χ3n) is 5.48. The molecule has 7 heteroatoms. The molecule has 0 radical (unpaired) electrons. The Morgan fingerprint density at radius 2 is 1.86 bits per heavy atom. The van der Waals surface area contributed by atoms with Gasteiger partial charge in [0.05, 0.1) is 16.6 Å². The predicted octanol–water partition coefficient (Wildman–Crippen LogP) is 3.13. The van der Waals surface area contributed by atoms with E-state index in [9.17, 15) is 9.59 Å². The van der Waals surface area contributed by atoms with Gasteiger partial charge in [-0.3, -0.25) is 19.1 Å². The second kappa shape index (κ2) is 8.47. The van der Waals surface area contributed by atoms with Gasteiger partial charge in [0.15, 0.2) is 0 Å². The lowest BCUT2D eigenvalue weighted by Crippen LogP contribution is -2.48. The number of rotatable bonds is 5. The zero-order chi connectivity index (χ0) is 20.4. The first kappa shape index (κ1) is 19.8. The van der Waals surface area contributed by atoms with Crippen LogP contribution in [-0.2, 0) is 13.1 Å². The van der Waals surface area contributed by atoms with Crippen LogP contribution in [0, 0.1) is 6.92 Å².